The Morgan fingerprint density at radius 1 is 1.03 bits per heavy atom. The van der Waals surface area contributed by atoms with Crippen LogP contribution in [0.15, 0.2) is 72.8 Å². The summed E-state index contributed by atoms with van der Waals surface area (Å²) >= 11 is 0. The fourth-order valence-electron chi connectivity index (χ4n) is 4.78. The molecule has 37 heavy (non-hydrogen) atoms. The molecule has 1 aliphatic rings. The molecule has 0 spiro atoms. The van der Waals surface area contributed by atoms with Crippen LogP contribution in [0.1, 0.15) is 46.7 Å². The number of carbonyl (C=O) groups is 2. The molecule has 2 amide bonds. The Labute approximate surface area is 219 Å². The number of aryl methyl sites for hydroxylation is 2. The number of hydrogen-bond donors (Lipinski definition) is 1. The van der Waals surface area contributed by atoms with E-state index >= 15 is 0 Å². The van der Waals surface area contributed by atoms with E-state index in [1.165, 1.54) is 0 Å². The van der Waals surface area contributed by atoms with Crippen LogP contribution in [-0.2, 0) is 27.3 Å². The summed E-state index contributed by atoms with van der Waals surface area (Å²) in [5, 5.41) is 3.07. The Kier molecular flexibility index (Phi) is 8.96. The molecule has 2 atom stereocenters. The Morgan fingerprint density at radius 3 is 2.51 bits per heavy atom. The first-order valence-electron chi connectivity index (χ1n) is 12.9. The molecule has 0 aliphatic carbocycles. The molecule has 1 fully saturated rings. The van der Waals surface area contributed by atoms with E-state index in [4.69, 9.17) is 9.47 Å². The maximum atomic E-state index is 14.0. The van der Waals surface area contributed by atoms with Gasteiger partial charge in [0, 0.05) is 18.7 Å². The highest BCUT2D eigenvalue weighted by Gasteiger charge is 2.32. The molecule has 6 heteroatoms. The molecule has 0 saturated carbocycles. The molecular weight excluding hydrogens is 464 g/mol. The summed E-state index contributed by atoms with van der Waals surface area (Å²) in [6.07, 6.45) is 2.12. The number of ether oxygens (including phenoxy) is 2. The minimum atomic E-state index is -0.802. The Hall–Kier alpha value is -3.64. The third-order valence-corrected chi connectivity index (χ3v) is 6.77. The summed E-state index contributed by atoms with van der Waals surface area (Å²) in [4.78, 5) is 29.4. The summed E-state index contributed by atoms with van der Waals surface area (Å²) < 4.78 is 11.3. The van der Waals surface area contributed by atoms with E-state index in [9.17, 15) is 9.59 Å². The minimum Gasteiger partial charge on any atom is -0.496 e. The van der Waals surface area contributed by atoms with Crippen LogP contribution < -0.4 is 10.1 Å². The van der Waals surface area contributed by atoms with Crippen molar-refractivity contribution in [1.29, 1.82) is 0 Å². The fraction of sp³-hybridized carbons (Fsp3) is 0.355. The first-order chi connectivity index (χ1) is 17.9. The lowest BCUT2D eigenvalue weighted by Crippen LogP contribution is -2.45. The summed E-state index contributed by atoms with van der Waals surface area (Å²) in [5.41, 5.74) is 4.70. The van der Waals surface area contributed by atoms with Gasteiger partial charge in [-0.15, -0.1) is 0 Å². The molecular formula is C31H36N2O4. The number of amides is 2. The Morgan fingerprint density at radius 2 is 1.81 bits per heavy atom. The summed E-state index contributed by atoms with van der Waals surface area (Å²) in [6, 6.07) is 22.5. The van der Waals surface area contributed by atoms with Gasteiger partial charge in [0.15, 0.2) is 0 Å². The number of benzene rings is 3. The van der Waals surface area contributed by atoms with Gasteiger partial charge in [-0.3, -0.25) is 9.59 Å². The number of carbonyl (C=O) groups excluding carboxylic acids is 2. The Balaban J connectivity index is 1.70. The van der Waals surface area contributed by atoms with Crippen molar-refractivity contribution in [1.82, 2.24) is 10.2 Å². The van der Waals surface area contributed by atoms with Crippen molar-refractivity contribution in [2.24, 2.45) is 0 Å². The van der Waals surface area contributed by atoms with Crippen LogP contribution in [0.2, 0.25) is 0 Å². The van der Waals surface area contributed by atoms with E-state index in [0.29, 0.717) is 12.3 Å². The second-order valence-corrected chi connectivity index (χ2v) is 9.69. The van der Waals surface area contributed by atoms with Crippen LogP contribution in [0.3, 0.4) is 0 Å². The Bertz CT molecular complexity index is 1200. The zero-order valence-corrected chi connectivity index (χ0v) is 21.9. The average molecular weight is 501 g/mol. The monoisotopic (exact) mass is 500 g/mol. The SMILES string of the molecule is COc1ccccc1CN(C(=O)Cc1cccc(C)c1)C(C(=O)NCC1CCCO1)c1ccc(C)cc1. The molecule has 2 unspecified atom stereocenters. The third kappa shape index (κ3) is 6.98. The van der Waals surface area contributed by atoms with Crippen LogP contribution in [-0.4, -0.2) is 43.1 Å². The molecule has 1 aliphatic heterocycles. The van der Waals surface area contributed by atoms with Gasteiger partial charge in [0.1, 0.15) is 11.8 Å². The van der Waals surface area contributed by atoms with E-state index in [1.807, 2.05) is 86.6 Å². The highest BCUT2D eigenvalue weighted by molar-refractivity contribution is 5.89. The van der Waals surface area contributed by atoms with Gasteiger partial charge < -0.3 is 19.7 Å². The normalized spacial score (nSPS) is 15.7. The van der Waals surface area contributed by atoms with Gasteiger partial charge in [-0.05, 0) is 43.9 Å². The number of nitrogens with one attached hydrogen (secondary N) is 1. The van der Waals surface area contributed by atoms with E-state index in [-0.39, 0.29) is 30.9 Å². The summed E-state index contributed by atoms with van der Waals surface area (Å²) in [7, 11) is 1.61. The quantitative estimate of drug-likeness (QED) is 0.429. The predicted octanol–water partition coefficient (Wildman–Crippen LogP) is 4.92. The number of para-hydroxylation sites is 1. The topological polar surface area (TPSA) is 67.9 Å². The lowest BCUT2D eigenvalue weighted by molar-refractivity contribution is -0.141. The molecule has 3 aromatic rings. The van der Waals surface area contributed by atoms with Gasteiger partial charge in [-0.2, -0.15) is 0 Å². The molecule has 6 nitrogen and oxygen atoms in total. The van der Waals surface area contributed by atoms with Crippen LogP contribution in [0.25, 0.3) is 0 Å². The molecule has 1 heterocycles. The van der Waals surface area contributed by atoms with E-state index in [2.05, 4.69) is 5.32 Å². The zero-order valence-electron chi connectivity index (χ0n) is 21.9. The zero-order chi connectivity index (χ0) is 26.2. The van der Waals surface area contributed by atoms with Crippen LogP contribution in [0.5, 0.6) is 5.75 Å². The second-order valence-electron chi connectivity index (χ2n) is 9.69. The maximum absolute atomic E-state index is 14.0. The summed E-state index contributed by atoms with van der Waals surface area (Å²) in [6.45, 7) is 5.40. The van der Waals surface area contributed by atoms with Crippen molar-refractivity contribution in [3.8, 4) is 5.75 Å². The minimum absolute atomic E-state index is 0.00767. The van der Waals surface area contributed by atoms with Crippen LogP contribution in [0, 0.1) is 13.8 Å². The first kappa shape index (κ1) is 26.4. The van der Waals surface area contributed by atoms with Gasteiger partial charge in [0.25, 0.3) is 0 Å². The molecule has 0 aromatic heterocycles. The molecule has 1 saturated heterocycles. The largest absolute Gasteiger partial charge is 0.496 e. The molecule has 1 N–H and O–H groups in total. The highest BCUT2D eigenvalue weighted by Crippen LogP contribution is 2.28. The van der Waals surface area contributed by atoms with Gasteiger partial charge >= 0.3 is 0 Å². The van der Waals surface area contributed by atoms with Crippen LogP contribution in [0.4, 0.5) is 0 Å². The number of methoxy groups -OCH3 is 1. The fourth-order valence-corrected chi connectivity index (χ4v) is 4.78. The molecule has 0 bridgehead atoms. The van der Waals surface area contributed by atoms with Gasteiger partial charge in [-0.25, -0.2) is 0 Å². The first-order valence-corrected chi connectivity index (χ1v) is 12.9. The number of nitrogens with zero attached hydrogens (tertiary/aromatic N) is 1. The number of hydrogen-bond acceptors (Lipinski definition) is 4. The molecule has 4 rings (SSSR count). The van der Waals surface area contributed by atoms with Crippen molar-refractivity contribution >= 4 is 11.8 Å². The molecule has 194 valence electrons. The van der Waals surface area contributed by atoms with Crippen molar-refractivity contribution < 1.29 is 19.1 Å². The van der Waals surface area contributed by atoms with Gasteiger partial charge in [-0.1, -0.05) is 77.9 Å². The maximum Gasteiger partial charge on any atom is 0.247 e. The smallest absolute Gasteiger partial charge is 0.247 e. The highest BCUT2D eigenvalue weighted by atomic mass is 16.5. The third-order valence-electron chi connectivity index (χ3n) is 6.77. The van der Waals surface area contributed by atoms with Crippen molar-refractivity contribution in [2.75, 3.05) is 20.3 Å². The predicted molar refractivity (Wildman–Crippen MR) is 144 cm³/mol. The van der Waals surface area contributed by atoms with Crippen molar-refractivity contribution in [3.63, 3.8) is 0 Å². The second kappa shape index (κ2) is 12.5. The van der Waals surface area contributed by atoms with E-state index in [1.54, 1.807) is 12.0 Å². The standard InChI is InChI=1S/C31H36N2O4/c1-22-13-15-25(16-14-22)30(31(35)32-20-27-11-7-17-37-27)33(21-26-10-4-5-12-28(26)36-3)29(34)19-24-9-6-8-23(2)18-24/h4-6,8-10,12-16,18,27,30H,7,11,17,19-21H2,1-3H3,(H,32,35). The lowest BCUT2D eigenvalue weighted by atomic mass is 10.00. The van der Waals surface area contributed by atoms with E-state index in [0.717, 1.165) is 47.3 Å². The molecule has 0 radical (unpaired) electrons. The number of rotatable bonds is 10. The van der Waals surface area contributed by atoms with E-state index < -0.39 is 6.04 Å². The lowest BCUT2D eigenvalue weighted by Gasteiger charge is -2.32. The average Bonchev–Trinajstić information content (AvgIpc) is 3.42. The van der Waals surface area contributed by atoms with Crippen molar-refractivity contribution in [3.05, 3.63) is 101 Å². The van der Waals surface area contributed by atoms with Gasteiger partial charge in [0.2, 0.25) is 11.8 Å². The molecule has 3 aromatic carbocycles. The van der Waals surface area contributed by atoms with Crippen LogP contribution >= 0.6 is 0 Å². The summed E-state index contributed by atoms with van der Waals surface area (Å²) in [5.74, 6) is 0.333. The van der Waals surface area contributed by atoms with Crippen molar-refractivity contribution in [2.45, 2.75) is 51.8 Å². The van der Waals surface area contributed by atoms with Gasteiger partial charge in [0.05, 0.1) is 26.2 Å².